The number of esters is 1. The average Bonchev–Trinajstić information content (AvgIpc) is 3.09. The number of hydrogen-bond acceptors (Lipinski definition) is 11. The van der Waals surface area contributed by atoms with Crippen LogP contribution in [0.1, 0.15) is 39.5 Å². The Labute approximate surface area is 230 Å². The van der Waals surface area contributed by atoms with Gasteiger partial charge in [0.2, 0.25) is 5.72 Å². The first-order valence-electron chi connectivity index (χ1n) is 12.2. The van der Waals surface area contributed by atoms with Crippen molar-refractivity contribution >= 4 is 19.4 Å². The number of azide groups is 1. The van der Waals surface area contributed by atoms with Crippen molar-refractivity contribution in [2.45, 2.75) is 70.4 Å². The van der Waals surface area contributed by atoms with Gasteiger partial charge in [0.05, 0.1) is 6.61 Å². The van der Waals surface area contributed by atoms with Gasteiger partial charge >= 0.3 is 13.7 Å². The van der Waals surface area contributed by atoms with Gasteiger partial charge in [-0.3, -0.25) is 18.7 Å². The van der Waals surface area contributed by atoms with Crippen LogP contribution in [0.15, 0.2) is 52.5 Å². The number of pyridine rings is 1. The fourth-order valence-electron chi connectivity index (χ4n) is 3.70. The highest BCUT2D eigenvalue weighted by Crippen LogP contribution is 2.48. The van der Waals surface area contributed by atoms with E-state index in [2.05, 4.69) is 15.1 Å². The van der Waals surface area contributed by atoms with Crippen LogP contribution in [0.5, 0.6) is 5.75 Å². The summed E-state index contributed by atoms with van der Waals surface area (Å²) in [5, 5.41) is 27.5. The van der Waals surface area contributed by atoms with Crippen LogP contribution >= 0.6 is 7.75 Å². The van der Waals surface area contributed by atoms with Crippen molar-refractivity contribution in [1.29, 1.82) is 0 Å². The predicted molar refractivity (Wildman–Crippen MR) is 143 cm³/mol. The molecule has 1 fully saturated rings. The van der Waals surface area contributed by atoms with Crippen molar-refractivity contribution in [2.24, 2.45) is 5.11 Å². The molecule has 40 heavy (non-hydrogen) atoms. The van der Waals surface area contributed by atoms with Crippen LogP contribution in [0.3, 0.4) is 0 Å². The third kappa shape index (κ3) is 7.40. The summed E-state index contributed by atoms with van der Waals surface area (Å²) in [7, 11) is -4.50. The number of rotatable bonds is 10. The molecule has 3 rings (SSSR count). The van der Waals surface area contributed by atoms with E-state index in [0.717, 1.165) is 16.2 Å². The van der Waals surface area contributed by atoms with Gasteiger partial charge in [-0.25, -0.2) is 4.57 Å². The number of ether oxygens (including phenoxy) is 2. The number of nitrogens with two attached hydrogens (primary N) is 1. The number of aliphatic hydroxyl groups excluding tert-OH is 2. The van der Waals surface area contributed by atoms with Crippen LogP contribution in [-0.2, 0) is 23.4 Å². The third-order valence-electron chi connectivity index (χ3n) is 5.66. The number of anilines is 1. The molecule has 2 aromatic rings. The second-order valence-electron chi connectivity index (χ2n) is 10.2. The van der Waals surface area contributed by atoms with E-state index >= 15 is 0 Å². The smallest absolute Gasteiger partial charge is 0.459 e. The molecule has 16 heteroatoms. The van der Waals surface area contributed by atoms with Crippen molar-refractivity contribution in [2.75, 3.05) is 12.3 Å². The lowest BCUT2D eigenvalue weighted by molar-refractivity contribution is -0.156. The summed E-state index contributed by atoms with van der Waals surface area (Å²) >= 11 is 0. The molecule has 218 valence electrons. The Morgan fingerprint density at radius 2 is 1.98 bits per heavy atom. The van der Waals surface area contributed by atoms with Crippen LogP contribution in [-0.4, -0.2) is 56.9 Å². The zero-order valence-corrected chi connectivity index (χ0v) is 23.5. The van der Waals surface area contributed by atoms with Crippen molar-refractivity contribution in [3.63, 3.8) is 0 Å². The topological polar surface area (TPSA) is 220 Å². The first-order valence-corrected chi connectivity index (χ1v) is 13.7. The molecule has 1 aromatic heterocycles. The number of aryl methyl sites for hydroxylation is 1. The largest absolute Gasteiger partial charge is 0.459 e. The zero-order chi connectivity index (χ0) is 29.9. The molecule has 2 heterocycles. The van der Waals surface area contributed by atoms with E-state index in [4.69, 9.17) is 24.3 Å². The number of hydrogen-bond donors (Lipinski definition) is 4. The number of carbonyl (C=O) groups is 1. The number of nitrogen functional groups attached to an aromatic ring is 1. The summed E-state index contributed by atoms with van der Waals surface area (Å²) in [6, 6.07) is 7.64. The van der Waals surface area contributed by atoms with Gasteiger partial charge in [0.1, 0.15) is 29.6 Å². The molecule has 15 nitrogen and oxygen atoms in total. The van der Waals surface area contributed by atoms with Crippen molar-refractivity contribution in [3.05, 3.63) is 69.0 Å². The number of nitrogens with zero attached hydrogens (tertiary/aromatic N) is 4. The predicted octanol–water partition coefficient (Wildman–Crippen LogP) is 2.52. The Hall–Kier alpha value is -3.42. The van der Waals surface area contributed by atoms with Gasteiger partial charge in [-0.15, -0.1) is 0 Å². The summed E-state index contributed by atoms with van der Waals surface area (Å²) in [5.74, 6) is -0.654. The molecule has 0 amide bonds. The molecule has 0 radical (unpaired) electrons. The molecule has 0 spiro atoms. The minimum absolute atomic E-state index is 0.106. The maximum Gasteiger partial charge on any atom is 0.459 e. The first kappa shape index (κ1) is 31.1. The monoisotopic (exact) mass is 580 g/mol. The molecule has 6 atom stereocenters. The van der Waals surface area contributed by atoms with Crippen molar-refractivity contribution in [1.82, 2.24) is 9.65 Å². The van der Waals surface area contributed by atoms with E-state index in [0.29, 0.717) is 0 Å². The average molecular weight is 581 g/mol. The second kappa shape index (κ2) is 12.0. The number of benzene rings is 1. The molecular formula is C24H33N6O9P. The minimum Gasteiger partial charge on any atom is -0.459 e. The Kier molecular flexibility index (Phi) is 9.32. The summed E-state index contributed by atoms with van der Waals surface area (Å²) in [6.45, 7) is 7.26. The van der Waals surface area contributed by atoms with E-state index in [1.807, 2.05) is 6.92 Å². The second-order valence-corrected chi connectivity index (χ2v) is 11.9. The van der Waals surface area contributed by atoms with E-state index in [-0.39, 0.29) is 11.4 Å². The normalized spacial score (nSPS) is 24.9. The van der Waals surface area contributed by atoms with E-state index in [9.17, 15) is 29.9 Å². The van der Waals surface area contributed by atoms with Crippen LogP contribution in [0.2, 0.25) is 0 Å². The molecule has 0 saturated carbocycles. The van der Waals surface area contributed by atoms with Crippen molar-refractivity contribution < 1.29 is 38.1 Å². The third-order valence-corrected chi connectivity index (χ3v) is 7.29. The molecule has 1 unspecified atom stereocenters. The van der Waals surface area contributed by atoms with E-state index in [1.165, 1.54) is 31.3 Å². The number of aromatic nitrogens is 1. The molecule has 1 aromatic carbocycles. The van der Waals surface area contributed by atoms with Gasteiger partial charge in [-0.1, -0.05) is 22.8 Å². The van der Waals surface area contributed by atoms with Gasteiger partial charge < -0.3 is 29.9 Å². The number of aliphatic hydroxyl groups is 2. The van der Waals surface area contributed by atoms with Gasteiger partial charge in [0, 0.05) is 22.9 Å². The molecule has 1 aliphatic rings. The lowest BCUT2D eigenvalue weighted by Gasteiger charge is -2.30. The highest BCUT2D eigenvalue weighted by molar-refractivity contribution is 7.52. The molecule has 5 N–H and O–H groups in total. The molecule has 0 aliphatic carbocycles. The minimum atomic E-state index is -4.50. The Bertz CT molecular complexity index is 1370. The Balaban J connectivity index is 1.92. The summed E-state index contributed by atoms with van der Waals surface area (Å²) < 4.78 is 37.0. The fraction of sp³-hybridized carbons (Fsp3) is 0.500. The van der Waals surface area contributed by atoms with Crippen LogP contribution in [0, 0.1) is 6.92 Å². The van der Waals surface area contributed by atoms with Crippen LogP contribution in [0.25, 0.3) is 10.4 Å². The molecular weight excluding hydrogens is 547 g/mol. The van der Waals surface area contributed by atoms with Gasteiger partial charge in [0.25, 0.3) is 5.56 Å². The summed E-state index contributed by atoms with van der Waals surface area (Å²) in [5.41, 5.74) is 12.0. The highest BCUT2D eigenvalue weighted by atomic mass is 31.2. The van der Waals surface area contributed by atoms with Crippen LogP contribution in [0.4, 0.5) is 5.69 Å². The lowest BCUT2D eigenvalue weighted by Crippen LogP contribution is -2.46. The first-order chi connectivity index (χ1) is 18.6. The van der Waals surface area contributed by atoms with Crippen LogP contribution < -0.4 is 20.9 Å². The van der Waals surface area contributed by atoms with E-state index < -0.39 is 61.7 Å². The van der Waals surface area contributed by atoms with Crippen molar-refractivity contribution in [3.8, 4) is 5.75 Å². The Morgan fingerprint density at radius 1 is 1.32 bits per heavy atom. The summed E-state index contributed by atoms with van der Waals surface area (Å²) in [4.78, 5) is 27.7. The maximum absolute atomic E-state index is 13.9. The van der Waals surface area contributed by atoms with E-state index in [1.54, 1.807) is 32.9 Å². The molecule has 1 aliphatic heterocycles. The highest BCUT2D eigenvalue weighted by Gasteiger charge is 2.56. The zero-order valence-electron chi connectivity index (χ0n) is 22.6. The summed E-state index contributed by atoms with van der Waals surface area (Å²) in [6.07, 6.45) is -4.01. The fourth-order valence-corrected chi connectivity index (χ4v) is 5.21. The lowest BCUT2D eigenvalue weighted by atomic mass is 10.1. The Morgan fingerprint density at radius 3 is 2.55 bits per heavy atom. The van der Waals surface area contributed by atoms with Gasteiger partial charge in [-0.05, 0) is 58.3 Å². The number of nitrogens with one attached hydrogen (secondary N) is 1. The SMILES string of the molecule is Cc1ccc(OP(=O)(N[C@H](C)C(=O)OC(C)(C)C)OC[C@@]2(N=[N+]=[N-])O[C@@H](n3ccc(N)cc3=O)[C@H](O)[C@@H]2O)cc1. The maximum atomic E-state index is 13.9. The van der Waals surface area contributed by atoms with Gasteiger partial charge in [-0.2, -0.15) is 5.09 Å². The molecule has 1 saturated heterocycles. The molecule has 0 bridgehead atoms. The van der Waals surface area contributed by atoms with Gasteiger partial charge in [0.15, 0.2) is 6.23 Å². The standard InChI is InChI=1S/C24H33N6O9P/c1-14-6-8-17(9-7-14)39-40(35,27-15(2)22(34)38-23(3,4)5)36-13-24(28-29-26)20(33)19(32)21(37-24)30-11-10-16(25)12-18(30)31/h6-12,15,19-21,32-33H,13,25H2,1-5H3,(H,27,35)/t15-,19-,20+,21-,24-,40?/m1/s1. The number of carbonyl (C=O) groups excluding carboxylic acids is 1. The quantitative estimate of drug-likeness (QED) is 0.105.